The Labute approximate surface area is 229 Å². The smallest absolute Gasteiger partial charge is 0.260 e. The minimum absolute atomic E-state index is 0.199. The van der Waals surface area contributed by atoms with Gasteiger partial charge in [-0.1, -0.05) is 38.0 Å². The van der Waals surface area contributed by atoms with Crippen LogP contribution in [-0.2, 0) is 16.6 Å². The summed E-state index contributed by atoms with van der Waals surface area (Å²) in [4.78, 5) is 20.3. The zero-order valence-corrected chi connectivity index (χ0v) is 24.1. The summed E-state index contributed by atoms with van der Waals surface area (Å²) in [6, 6.07) is 14.0. The first-order valence-corrected chi connectivity index (χ1v) is 15.3. The number of benzene rings is 2. The van der Waals surface area contributed by atoms with Crippen LogP contribution >= 0.6 is 11.3 Å². The molecule has 0 saturated heterocycles. The fraction of sp³-hybridized carbons (Fsp3) is 0.379. The molecule has 9 heteroatoms. The van der Waals surface area contributed by atoms with Crippen LogP contribution in [0, 0.1) is 13.8 Å². The predicted octanol–water partition coefficient (Wildman–Crippen LogP) is 6.94. The Morgan fingerprint density at radius 1 is 0.974 bits per heavy atom. The standard InChI is InChI=1S/C29H35N3O4S2/c1-5-7-15-31(16-8-6-2)38(34,35)25-13-11-23(12-14-25)28(33)32(20-24-10-9-17-36-24)29-30-26-18-21(3)22(4)19-27(26)37-29/h9-14,17-19H,5-8,15-16,20H2,1-4H3. The van der Waals surface area contributed by atoms with Crippen LogP contribution in [0.1, 0.15) is 66.8 Å². The number of hydrogen-bond acceptors (Lipinski definition) is 6. The normalized spacial score (nSPS) is 11.9. The second-order valence-electron chi connectivity index (χ2n) is 9.51. The Balaban J connectivity index is 1.65. The predicted molar refractivity (Wildman–Crippen MR) is 153 cm³/mol. The molecule has 2 heterocycles. The van der Waals surface area contributed by atoms with E-state index in [9.17, 15) is 13.2 Å². The fourth-order valence-electron chi connectivity index (χ4n) is 4.16. The number of thiazole rings is 1. The van der Waals surface area contributed by atoms with E-state index in [1.165, 1.54) is 29.0 Å². The molecule has 0 atom stereocenters. The lowest BCUT2D eigenvalue weighted by Crippen LogP contribution is -2.33. The lowest BCUT2D eigenvalue weighted by molar-refractivity contribution is 0.0983. The van der Waals surface area contributed by atoms with Crippen molar-refractivity contribution in [2.45, 2.75) is 64.8 Å². The maximum atomic E-state index is 13.8. The van der Waals surface area contributed by atoms with E-state index >= 15 is 0 Å². The van der Waals surface area contributed by atoms with Crippen molar-refractivity contribution >= 4 is 42.6 Å². The van der Waals surface area contributed by atoms with E-state index in [0.717, 1.165) is 41.5 Å². The molecule has 2 aromatic carbocycles. The molecular weight excluding hydrogens is 518 g/mol. The summed E-state index contributed by atoms with van der Waals surface area (Å²) in [5.74, 6) is 0.360. The molecular formula is C29H35N3O4S2. The molecule has 0 saturated carbocycles. The topological polar surface area (TPSA) is 83.7 Å². The van der Waals surface area contributed by atoms with Crippen LogP contribution in [-0.4, -0.2) is 36.7 Å². The van der Waals surface area contributed by atoms with E-state index in [2.05, 4.69) is 13.0 Å². The van der Waals surface area contributed by atoms with Crippen molar-refractivity contribution in [1.29, 1.82) is 0 Å². The van der Waals surface area contributed by atoms with Crippen molar-refractivity contribution in [1.82, 2.24) is 9.29 Å². The maximum Gasteiger partial charge on any atom is 0.260 e. The number of sulfonamides is 1. The Hall–Kier alpha value is -3.01. The highest BCUT2D eigenvalue weighted by Gasteiger charge is 2.26. The van der Waals surface area contributed by atoms with Crippen LogP contribution in [0.15, 0.2) is 64.1 Å². The first-order chi connectivity index (χ1) is 18.2. The highest BCUT2D eigenvalue weighted by atomic mass is 32.2. The average molecular weight is 554 g/mol. The molecule has 202 valence electrons. The third kappa shape index (κ3) is 6.17. The van der Waals surface area contributed by atoms with Crippen molar-refractivity contribution < 1.29 is 17.6 Å². The van der Waals surface area contributed by atoms with Gasteiger partial charge in [0, 0.05) is 18.7 Å². The zero-order chi connectivity index (χ0) is 27.3. The second kappa shape index (κ2) is 12.2. The average Bonchev–Trinajstić information content (AvgIpc) is 3.57. The molecule has 4 rings (SSSR count). The summed E-state index contributed by atoms with van der Waals surface area (Å²) in [6.45, 7) is 9.40. The Morgan fingerprint density at radius 3 is 2.24 bits per heavy atom. The van der Waals surface area contributed by atoms with Gasteiger partial charge in [0.05, 0.1) is 27.9 Å². The summed E-state index contributed by atoms with van der Waals surface area (Å²) in [7, 11) is -3.64. The highest BCUT2D eigenvalue weighted by molar-refractivity contribution is 7.89. The van der Waals surface area contributed by atoms with E-state index in [-0.39, 0.29) is 17.3 Å². The van der Waals surface area contributed by atoms with Gasteiger partial charge in [-0.2, -0.15) is 4.31 Å². The Morgan fingerprint density at radius 2 is 1.63 bits per heavy atom. The van der Waals surface area contributed by atoms with E-state index in [0.29, 0.717) is 29.5 Å². The lowest BCUT2D eigenvalue weighted by Gasteiger charge is -2.22. The van der Waals surface area contributed by atoms with Gasteiger partial charge in [-0.05, 0) is 86.3 Å². The number of fused-ring (bicyclic) bond motifs is 1. The monoisotopic (exact) mass is 553 g/mol. The lowest BCUT2D eigenvalue weighted by atomic mass is 10.1. The van der Waals surface area contributed by atoms with Gasteiger partial charge >= 0.3 is 0 Å². The number of furan rings is 1. The molecule has 1 amide bonds. The van der Waals surface area contributed by atoms with Crippen LogP contribution < -0.4 is 4.90 Å². The molecule has 0 N–H and O–H groups in total. The van der Waals surface area contributed by atoms with Crippen LogP contribution in [0.5, 0.6) is 0 Å². The molecule has 4 aromatic rings. The van der Waals surface area contributed by atoms with Gasteiger partial charge < -0.3 is 4.42 Å². The van der Waals surface area contributed by atoms with Crippen LogP contribution in [0.3, 0.4) is 0 Å². The SMILES string of the molecule is CCCCN(CCCC)S(=O)(=O)c1ccc(C(=O)N(Cc2ccco2)c2nc3cc(C)c(C)cc3s2)cc1. The van der Waals surface area contributed by atoms with Gasteiger partial charge in [0.1, 0.15) is 5.76 Å². The van der Waals surface area contributed by atoms with Crippen molar-refractivity contribution in [2.24, 2.45) is 0 Å². The van der Waals surface area contributed by atoms with E-state index in [1.807, 2.05) is 32.9 Å². The molecule has 0 aliphatic carbocycles. The molecule has 0 bridgehead atoms. The van der Waals surface area contributed by atoms with Gasteiger partial charge in [0.2, 0.25) is 10.0 Å². The maximum absolute atomic E-state index is 13.8. The first kappa shape index (κ1) is 28.0. The molecule has 7 nitrogen and oxygen atoms in total. The van der Waals surface area contributed by atoms with Gasteiger partial charge in [-0.25, -0.2) is 13.4 Å². The number of carbonyl (C=O) groups excluding carboxylic acids is 1. The minimum Gasteiger partial charge on any atom is -0.467 e. The van der Waals surface area contributed by atoms with Crippen molar-refractivity contribution in [2.75, 3.05) is 18.0 Å². The summed E-state index contributed by atoms with van der Waals surface area (Å²) < 4.78 is 34.8. The van der Waals surface area contributed by atoms with E-state index in [1.54, 1.807) is 33.7 Å². The molecule has 0 radical (unpaired) electrons. The number of unbranched alkanes of at least 4 members (excludes halogenated alkanes) is 2. The Kier molecular flexibility index (Phi) is 9.02. The van der Waals surface area contributed by atoms with Gasteiger partial charge in [-0.3, -0.25) is 9.69 Å². The number of anilines is 1. The molecule has 0 unspecified atom stereocenters. The molecule has 0 aliphatic rings. The highest BCUT2D eigenvalue weighted by Crippen LogP contribution is 2.33. The van der Waals surface area contributed by atoms with Gasteiger partial charge in [0.25, 0.3) is 5.91 Å². The number of carbonyl (C=O) groups is 1. The molecule has 0 aliphatic heterocycles. The van der Waals surface area contributed by atoms with Gasteiger partial charge in [0.15, 0.2) is 5.13 Å². The number of hydrogen-bond donors (Lipinski definition) is 0. The van der Waals surface area contributed by atoms with E-state index < -0.39 is 10.0 Å². The number of aryl methyl sites for hydroxylation is 2. The first-order valence-electron chi connectivity index (χ1n) is 13.1. The quantitative estimate of drug-likeness (QED) is 0.190. The van der Waals surface area contributed by atoms with Gasteiger partial charge in [-0.15, -0.1) is 0 Å². The van der Waals surface area contributed by atoms with Crippen molar-refractivity contribution in [3.05, 3.63) is 77.2 Å². The summed E-state index contributed by atoms with van der Waals surface area (Å²) in [6.07, 6.45) is 5.03. The molecule has 0 spiro atoms. The minimum atomic E-state index is -3.64. The fourth-order valence-corrected chi connectivity index (χ4v) is 6.72. The van der Waals surface area contributed by atoms with Crippen molar-refractivity contribution in [3.8, 4) is 0 Å². The summed E-state index contributed by atoms with van der Waals surface area (Å²) >= 11 is 1.45. The number of nitrogens with zero attached hydrogens (tertiary/aromatic N) is 3. The largest absolute Gasteiger partial charge is 0.467 e. The summed E-state index contributed by atoms with van der Waals surface area (Å²) in [5.41, 5.74) is 3.53. The third-order valence-corrected chi connectivity index (χ3v) is 9.58. The van der Waals surface area contributed by atoms with Crippen LogP contribution in [0.2, 0.25) is 0 Å². The molecule has 2 aromatic heterocycles. The molecule has 38 heavy (non-hydrogen) atoms. The van der Waals surface area contributed by atoms with E-state index in [4.69, 9.17) is 9.40 Å². The Bertz CT molecular complexity index is 1430. The number of rotatable bonds is 12. The zero-order valence-electron chi connectivity index (χ0n) is 22.4. The summed E-state index contributed by atoms with van der Waals surface area (Å²) in [5, 5.41) is 0.563. The number of amides is 1. The second-order valence-corrected chi connectivity index (χ2v) is 12.5. The van der Waals surface area contributed by atoms with Crippen molar-refractivity contribution in [3.63, 3.8) is 0 Å². The van der Waals surface area contributed by atoms with Crippen LogP contribution in [0.4, 0.5) is 5.13 Å². The third-order valence-electron chi connectivity index (χ3n) is 6.62. The van der Waals surface area contributed by atoms with Crippen LogP contribution in [0.25, 0.3) is 10.2 Å². The molecule has 0 fully saturated rings. The number of aromatic nitrogens is 1.